The van der Waals surface area contributed by atoms with E-state index in [0.717, 1.165) is 11.3 Å². The summed E-state index contributed by atoms with van der Waals surface area (Å²) >= 11 is 0. The maximum absolute atomic E-state index is 12.5. The van der Waals surface area contributed by atoms with Gasteiger partial charge in [-0.05, 0) is 65.2 Å². The van der Waals surface area contributed by atoms with Gasteiger partial charge in [0.1, 0.15) is 11.4 Å². The van der Waals surface area contributed by atoms with Crippen molar-refractivity contribution in [3.63, 3.8) is 0 Å². The monoisotopic (exact) mass is 365 g/mol. The lowest BCUT2D eigenvalue weighted by molar-refractivity contribution is -0.147. The van der Waals surface area contributed by atoms with Crippen molar-refractivity contribution < 1.29 is 24.2 Å². The highest BCUT2D eigenvalue weighted by atomic mass is 16.6. The number of methoxy groups -OCH3 is 1. The Bertz CT molecular complexity index is 602. The molecule has 1 N–H and O–H groups in total. The Morgan fingerprint density at radius 2 is 1.65 bits per heavy atom. The summed E-state index contributed by atoms with van der Waals surface area (Å²) in [7, 11) is 1.60. The number of nitrogens with zero attached hydrogens (tertiary/aromatic N) is 1. The molecule has 26 heavy (non-hydrogen) atoms. The number of aliphatic carboxylic acids is 1. The van der Waals surface area contributed by atoms with Crippen LogP contribution in [0, 0.1) is 5.41 Å². The van der Waals surface area contributed by atoms with Crippen molar-refractivity contribution in [3.05, 3.63) is 29.8 Å². The molecule has 0 saturated carbocycles. The van der Waals surface area contributed by atoms with Crippen LogP contribution < -0.4 is 4.74 Å². The first-order valence-corrected chi connectivity index (χ1v) is 8.79. The van der Waals surface area contributed by atoms with E-state index in [2.05, 4.69) is 0 Å². The summed E-state index contributed by atoms with van der Waals surface area (Å²) in [5.41, 5.74) is -0.455. The van der Waals surface area contributed by atoms with Crippen molar-refractivity contribution in [3.8, 4) is 5.75 Å². The third-order valence-corrected chi connectivity index (χ3v) is 3.99. The van der Waals surface area contributed by atoms with Gasteiger partial charge in [0.05, 0.1) is 12.5 Å². The van der Waals surface area contributed by atoms with Crippen molar-refractivity contribution in [2.45, 2.75) is 59.6 Å². The largest absolute Gasteiger partial charge is 0.497 e. The smallest absolute Gasteiger partial charge is 0.410 e. The SMILES string of the molecule is COc1ccc(CN(CCCC(C)(C)C(=O)O)C(=O)OC(C)(C)C)cc1. The van der Waals surface area contributed by atoms with E-state index >= 15 is 0 Å². The van der Waals surface area contributed by atoms with Crippen LogP contribution in [0.4, 0.5) is 4.79 Å². The summed E-state index contributed by atoms with van der Waals surface area (Å²) in [5.74, 6) is -0.0859. The zero-order chi connectivity index (χ0) is 20.0. The molecule has 0 aliphatic carbocycles. The minimum absolute atomic E-state index is 0.395. The second-order valence-corrected chi connectivity index (χ2v) is 8.04. The lowest BCUT2D eigenvalue weighted by Gasteiger charge is -2.28. The summed E-state index contributed by atoms with van der Waals surface area (Å²) in [5, 5.41) is 9.24. The molecule has 0 heterocycles. The van der Waals surface area contributed by atoms with Gasteiger partial charge in [-0.25, -0.2) is 4.79 Å². The average Bonchev–Trinajstić information content (AvgIpc) is 2.52. The zero-order valence-electron chi connectivity index (χ0n) is 16.7. The van der Waals surface area contributed by atoms with E-state index in [-0.39, 0.29) is 0 Å². The van der Waals surface area contributed by atoms with Crippen molar-refractivity contribution in [2.24, 2.45) is 5.41 Å². The summed E-state index contributed by atoms with van der Waals surface area (Å²) < 4.78 is 10.6. The highest BCUT2D eigenvalue weighted by Gasteiger charge is 2.28. The van der Waals surface area contributed by atoms with E-state index in [1.54, 1.807) is 25.9 Å². The minimum Gasteiger partial charge on any atom is -0.497 e. The number of ether oxygens (including phenoxy) is 2. The number of carbonyl (C=O) groups excluding carboxylic acids is 1. The molecule has 0 aromatic heterocycles. The number of benzene rings is 1. The number of amides is 1. The lowest BCUT2D eigenvalue weighted by atomic mass is 9.88. The number of hydrogen-bond donors (Lipinski definition) is 1. The fraction of sp³-hybridized carbons (Fsp3) is 0.600. The molecule has 0 bridgehead atoms. The van der Waals surface area contributed by atoms with Crippen molar-refractivity contribution in [1.82, 2.24) is 4.90 Å². The first-order valence-electron chi connectivity index (χ1n) is 8.79. The fourth-order valence-electron chi connectivity index (χ4n) is 2.33. The summed E-state index contributed by atoms with van der Waals surface area (Å²) in [6, 6.07) is 7.49. The molecule has 1 aromatic carbocycles. The number of hydrogen-bond acceptors (Lipinski definition) is 4. The second-order valence-electron chi connectivity index (χ2n) is 8.04. The van der Waals surface area contributed by atoms with Gasteiger partial charge in [-0.2, -0.15) is 0 Å². The standard InChI is InChI=1S/C20H31NO5/c1-19(2,3)26-18(24)21(13-7-12-20(4,5)17(22)23)14-15-8-10-16(25-6)11-9-15/h8-11H,7,12-14H2,1-6H3,(H,22,23). The molecule has 6 nitrogen and oxygen atoms in total. The molecule has 0 aliphatic heterocycles. The van der Waals surface area contributed by atoms with E-state index in [0.29, 0.717) is 25.9 Å². The molecular formula is C20H31NO5. The Labute approximate surface area is 156 Å². The van der Waals surface area contributed by atoms with E-state index in [9.17, 15) is 14.7 Å². The van der Waals surface area contributed by atoms with E-state index in [4.69, 9.17) is 9.47 Å². The molecular weight excluding hydrogens is 334 g/mol. The fourth-order valence-corrected chi connectivity index (χ4v) is 2.33. The van der Waals surface area contributed by atoms with Gasteiger partial charge in [-0.15, -0.1) is 0 Å². The van der Waals surface area contributed by atoms with Gasteiger partial charge in [0.15, 0.2) is 0 Å². The van der Waals surface area contributed by atoms with Gasteiger partial charge in [0.25, 0.3) is 0 Å². The first-order chi connectivity index (χ1) is 11.9. The summed E-state index contributed by atoms with van der Waals surface area (Å²) in [6.45, 7) is 9.68. The van der Waals surface area contributed by atoms with Gasteiger partial charge >= 0.3 is 12.1 Å². The third kappa shape index (κ3) is 7.33. The zero-order valence-corrected chi connectivity index (χ0v) is 16.7. The number of carboxylic acid groups (broad SMARTS) is 1. The molecule has 1 rings (SSSR count). The molecule has 0 atom stereocenters. The Hall–Kier alpha value is -2.24. The summed E-state index contributed by atoms with van der Waals surface area (Å²) in [6.07, 6.45) is 0.653. The Morgan fingerprint density at radius 1 is 1.08 bits per heavy atom. The molecule has 0 saturated heterocycles. The van der Waals surface area contributed by atoms with Crippen molar-refractivity contribution in [2.75, 3.05) is 13.7 Å². The van der Waals surface area contributed by atoms with Crippen LogP contribution in [0.5, 0.6) is 5.75 Å². The molecule has 0 spiro atoms. The van der Waals surface area contributed by atoms with Crippen LogP contribution in [0.25, 0.3) is 0 Å². The van der Waals surface area contributed by atoms with Crippen LogP contribution in [0.3, 0.4) is 0 Å². The Kier molecular flexibility index (Phi) is 7.48. The van der Waals surface area contributed by atoms with Gasteiger partial charge in [0, 0.05) is 13.1 Å². The number of carboxylic acids is 1. The number of carbonyl (C=O) groups is 2. The molecule has 146 valence electrons. The maximum atomic E-state index is 12.5. The quantitative estimate of drug-likeness (QED) is 0.742. The molecule has 0 fully saturated rings. The molecule has 1 aromatic rings. The minimum atomic E-state index is -0.837. The highest BCUT2D eigenvalue weighted by Crippen LogP contribution is 2.23. The van der Waals surface area contributed by atoms with Gasteiger partial charge < -0.3 is 19.5 Å². The van der Waals surface area contributed by atoms with Gasteiger partial charge in [-0.1, -0.05) is 12.1 Å². The van der Waals surface area contributed by atoms with Crippen molar-refractivity contribution >= 4 is 12.1 Å². The molecule has 0 unspecified atom stereocenters. The molecule has 1 amide bonds. The first kappa shape index (κ1) is 21.8. The van der Waals surface area contributed by atoms with E-state index in [1.165, 1.54) is 0 Å². The Balaban J connectivity index is 2.80. The van der Waals surface area contributed by atoms with Crippen molar-refractivity contribution in [1.29, 1.82) is 0 Å². The molecule has 0 radical (unpaired) electrons. The van der Waals surface area contributed by atoms with Gasteiger partial charge in [0.2, 0.25) is 0 Å². The maximum Gasteiger partial charge on any atom is 0.410 e. The van der Waals surface area contributed by atoms with E-state index < -0.39 is 23.1 Å². The predicted molar refractivity (Wildman–Crippen MR) is 100 cm³/mol. The van der Waals surface area contributed by atoms with Gasteiger partial charge in [-0.3, -0.25) is 4.79 Å². The van der Waals surface area contributed by atoms with Crippen LogP contribution in [0.15, 0.2) is 24.3 Å². The van der Waals surface area contributed by atoms with Crippen LogP contribution in [-0.2, 0) is 16.1 Å². The Morgan fingerprint density at radius 3 is 2.12 bits per heavy atom. The highest BCUT2D eigenvalue weighted by molar-refractivity contribution is 5.73. The topological polar surface area (TPSA) is 76.1 Å². The third-order valence-electron chi connectivity index (χ3n) is 3.99. The molecule has 0 aliphatic rings. The summed E-state index contributed by atoms with van der Waals surface area (Å²) in [4.78, 5) is 25.4. The molecule has 6 heteroatoms. The number of rotatable bonds is 8. The van der Waals surface area contributed by atoms with Crippen LogP contribution >= 0.6 is 0 Å². The van der Waals surface area contributed by atoms with Crippen LogP contribution in [0.2, 0.25) is 0 Å². The normalized spacial score (nSPS) is 11.8. The van der Waals surface area contributed by atoms with Crippen LogP contribution in [-0.4, -0.2) is 41.3 Å². The predicted octanol–water partition coefficient (Wildman–Crippen LogP) is 4.32. The lowest BCUT2D eigenvalue weighted by Crippen LogP contribution is -2.37. The average molecular weight is 365 g/mol. The van der Waals surface area contributed by atoms with Crippen LogP contribution in [0.1, 0.15) is 53.0 Å². The van der Waals surface area contributed by atoms with E-state index in [1.807, 2.05) is 45.0 Å². The second kappa shape index (κ2) is 8.92.